The Morgan fingerprint density at radius 3 is 2.57 bits per heavy atom. The molecule has 0 aliphatic rings. The molecule has 1 aromatic heterocycles. The van der Waals surface area contributed by atoms with Crippen LogP contribution in [0.15, 0.2) is 48.7 Å². The number of urea groups is 1. The van der Waals surface area contributed by atoms with Gasteiger partial charge in [-0.3, -0.25) is 4.98 Å². The molecular formula is C16H17N3O4. The van der Waals surface area contributed by atoms with Crippen molar-refractivity contribution in [2.24, 2.45) is 0 Å². The average Bonchev–Trinajstić information content (AvgIpc) is 2.56. The molecule has 23 heavy (non-hydrogen) atoms. The Hall–Kier alpha value is -3.09. The summed E-state index contributed by atoms with van der Waals surface area (Å²) in [5.74, 6) is 0.336. The number of rotatable bonds is 5. The van der Waals surface area contributed by atoms with Gasteiger partial charge in [0.1, 0.15) is 5.75 Å². The van der Waals surface area contributed by atoms with Crippen LogP contribution in [0.25, 0.3) is 0 Å². The minimum absolute atomic E-state index is 0.245. The molecule has 1 heterocycles. The number of carbonyl (C=O) groups is 2. The highest BCUT2D eigenvalue weighted by Gasteiger charge is 2.06. The fourth-order valence-corrected chi connectivity index (χ4v) is 1.70. The molecule has 2 rings (SSSR count). The molecule has 0 fully saturated rings. The van der Waals surface area contributed by atoms with Crippen LogP contribution in [0.1, 0.15) is 12.6 Å². The predicted octanol–water partition coefficient (Wildman–Crippen LogP) is 2.94. The van der Waals surface area contributed by atoms with Crippen molar-refractivity contribution in [1.82, 2.24) is 10.3 Å². The van der Waals surface area contributed by atoms with Gasteiger partial charge in [0.15, 0.2) is 0 Å². The molecular weight excluding hydrogens is 298 g/mol. The highest BCUT2D eigenvalue weighted by atomic mass is 16.7. The van der Waals surface area contributed by atoms with Gasteiger partial charge in [0.2, 0.25) is 0 Å². The molecule has 7 heteroatoms. The van der Waals surface area contributed by atoms with E-state index < -0.39 is 6.16 Å². The van der Waals surface area contributed by atoms with Crippen LogP contribution in [-0.2, 0) is 11.3 Å². The largest absolute Gasteiger partial charge is 0.513 e. The third-order valence-corrected chi connectivity index (χ3v) is 2.73. The summed E-state index contributed by atoms with van der Waals surface area (Å²) in [6.45, 7) is 2.27. The molecule has 0 saturated heterocycles. The van der Waals surface area contributed by atoms with E-state index in [-0.39, 0.29) is 12.6 Å². The van der Waals surface area contributed by atoms with Crippen molar-refractivity contribution < 1.29 is 19.1 Å². The number of carbonyl (C=O) groups excluding carboxylic acids is 2. The van der Waals surface area contributed by atoms with Crippen molar-refractivity contribution >= 4 is 17.9 Å². The number of amides is 2. The van der Waals surface area contributed by atoms with E-state index in [0.29, 0.717) is 18.0 Å². The highest BCUT2D eigenvalue weighted by molar-refractivity contribution is 5.89. The van der Waals surface area contributed by atoms with Crippen LogP contribution >= 0.6 is 0 Å². The maximum atomic E-state index is 11.8. The summed E-state index contributed by atoms with van der Waals surface area (Å²) in [4.78, 5) is 27.1. The summed E-state index contributed by atoms with van der Waals surface area (Å²) in [5, 5.41) is 5.36. The quantitative estimate of drug-likeness (QED) is 0.654. The number of aromatic nitrogens is 1. The zero-order valence-electron chi connectivity index (χ0n) is 12.6. The van der Waals surface area contributed by atoms with Crippen molar-refractivity contribution in [3.63, 3.8) is 0 Å². The minimum atomic E-state index is -0.763. The average molecular weight is 315 g/mol. The minimum Gasteiger partial charge on any atom is -0.434 e. The van der Waals surface area contributed by atoms with E-state index >= 15 is 0 Å². The highest BCUT2D eigenvalue weighted by Crippen LogP contribution is 2.16. The summed E-state index contributed by atoms with van der Waals surface area (Å²) in [7, 11) is 0. The van der Waals surface area contributed by atoms with Gasteiger partial charge in [0.25, 0.3) is 0 Å². The lowest BCUT2D eigenvalue weighted by Crippen LogP contribution is -2.28. The van der Waals surface area contributed by atoms with Gasteiger partial charge < -0.3 is 20.1 Å². The lowest BCUT2D eigenvalue weighted by Gasteiger charge is -2.08. The summed E-state index contributed by atoms with van der Waals surface area (Å²) in [6, 6.07) is 11.5. The molecule has 0 aliphatic heterocycles. The smallest absolute Gasteiger partial charge is 0.434 e. The number of anilines is 1. The molecule has 0 radical (unpaired) electrons. The Balaban J connectivity index is 1.80. The second-order valence-corrected chi connectivity index (χ2v) is 4.44. The molecule has 0 spiro atoms. The predicted molar refractivity (Wildman–Crippen MR) is 84.2 cm³/mol. The topological polar surface area (TPSA) is 89.5 Å². The van der Waals surface area contributed by atoms with Gasteiger partial charge in [-0.25, -0.2) is 9.59 Å². The number of nitrogens with one attached hydrogen (secondary N) is 2. The van der Waals surface area contributed by atoms with Gasteiger partial charge in [-0.1, -0.05) is 6.07 Å². The Labute approximate surface area is 133 Å². The normalized spacial score (nSPS) is 9.78. The van der Waals surface area contributed by atoms with Gasteiger partial charge in [-0.2, -0.15) is 0 Å². The van der Waals surface area contributed by atoms with E-state index in [1.807, 2.05) is 18.2 Å². The number of nitrogens with zero attached hydrogens (tertiary/aromatic N) is 1. The van der Waals surface area contributed by atoms with E-state index in [9.17, 15) is 9.59 Å². The number of benzene rings is 1. The van der Waals surface area contributed by atoms with Crippen LogP contribution in [0.3, 0.4) is 0 Å². The van der Waals surface area contributed by atoms with Crippen LogP contribution < -0.4 is 15.4 Å². The Bertz CT molecular complexity index is 644. The van der Waals surface area contributed by atoms with Crippen molar-refractivity contribution in [1.29, 1.82) is 0 Å². The van der Waals surface area contributed by atoms with E-state index in [1.54, 1.807) is 37.4 Å². The van der Waals surface area contributed by atoms with E-state index in [4.69, 9.17) is 4.74 Å². The zero-order chi connectivity index (χ0) is 16.5. The number of pyridine rings is 1. The van der Waals surface area contributed by atoms with Crippen LogP contribution in [0.2, 0.25) is 0 Å². The molecule has 7 nitrogen and oxygen atoms in total. The van der Waals surface area contributed by atoms with E-state index in [0.717, 1.165) is 5.69 Å². The van der Waals surface area contributed by atoms with Crippen LogP contribution in [0.5, 0.6) is 5.75 Å². The molecule has 1 aromatic carbocycles. The van der Waals surface area contributed by atoms with Crippen molar-refractivity contribution in [2.75, 3.05) is 11.9 Å². The summed E-state index contributed by atoms with van der Waals surface area (Å²) >= 11 is 0. The first-order valence-corrected chi connectivity index (χ1v) is 7.07. The first kappa shape index (κ1) is 16.3. The van der Waals surface area contributed by atoms with Crippen LogP contribution in [-0.4, -0.2) is 23.8 Å². The maximum absolute atomic E-state index is 11.8. The van der Waals surface area contributed by atoms with Gasteiger partial charge >= 0.3 is 12.2 Å². The lowest BCUT2D eigenvalue weighted by atomic mass is 10.3. The van der Waals surface area contributed by atoms with Crippen molar-refractivity contribution in [3.05, 3.63) is 54.4 Å². The molecule has 0 saturated carbocycles. The van der Waals surface area contributed by atoms with Crippen molar-refractivity contribution in [3.8, 4) is 5.75 Å². The first-order valence-electron chi connectivity index (χ1n) is 7.07. The standard InChI is InChI=1S/C16H17N3O4/c1-2-22-16(21)23-14-8-6-12(7-9-14)19-15(20)18-11-13-5-3-4-10-17-13/h3-10H,2,11H2,1H3,(H2,18,19,20). The van der Waals surface area contributed by atoms with Crippen molar-refractivity contribution in [2.45, 2.75) is 13.5 Å². The molecule has 2 aromatic rings. The monoisotopic (exact) mass is 315 g/mol. The number of ether oxygens (including phenoxy) is 2. The first-order chi connectivity index (χ1) is 11.2. The number of hydrogen-bond donors (Lipinski definition) is 2. The fraction of sp³-hybridized carbons (Fsp3) is 0.188. The molecule has 0 bridgehead atoms. The Kier molecular flexibility index (Phi) is 5.93. The SMILES string of the molecule is CCOC(=O)Oc1ccc(NC(=O)NCc2ccccn2)cc1. The summed E-state index contributed by atoms with van der Waals surface area (Å²) in [5.41, 5.74) is 1.33. The molecule has 0 unspecified atom stereocenters. The van der Waals surface area contributed by atoms with Gasteiger partial charge in [-0.15, -0.1) is 0 Å². The number of hydrogen-bond acceptors (Lipinski definition) is 5. The lowest BCUT2D eigenvalue weighted by molar-refractivity contribution is 0.104. The summed E-state index contributed by atoms with van der Waals surface area (Å²) < 4.78 is 9.59. The third-order valence-electron chi connectivity index (χ3n) is 2.73. The van der Waals surface area contributed by atoms with Gasteiger partial charge in [-0.05, 0) is 43.3 Å². The van der Waals surface area contributed by atoms with E-state index in [2.05, 4.69) is 20.4 Å². The second-order valence-electron chi connectivity index (χ2n) is 4.44. The molecule has 120 valence electrons. The van der Waals surface area contributed by atoms with Gasteiger partial charge in [0, 0.05) is 11.9 Å². The molecule has 2 N–H and O–H groups in total. The second kappa shape index (κ2) is 8.38. The molecule has 0 aliphatic carbocycles. The zero-order valence-corrected chi connectivity index (χ0v) is 12.6. The van der Waals surface area contributed by atoms with Gasteiger partial charge in [0.05, 0.1) is 18.8 Å². The fourth-order valence-electron chi connectivity index (χ4n) is 1.70. The third kappa shape index (κ3) is 5.66. The molecule has 2 amide bonds. The van der Waals surface area contributed by atoms with Crippen LogP contribution in [0, 0.1) is 0 Å². The Morgan fingerprint density at radius 2 is 1.91 bits per heavy atom. The maximum Gasteiger partial charge on any atom is 0.513 e. The Morgan fingerprint density at radius 1 is 1.13 bits per heavy atom. The van der Waals surface area contributed by atoms with Crippen LogP contribution in [0.4, 0.5) is 15.3 Å². The summed E-state index contributed by atoms with van der Waals surface area (Å²) in [6.07, 6.45) is 0.901. The van der Waals surface area contributed by atoms with E-state index in [1.165, 1.54) is 0 Å². The molecule has 0 atom stereocenters.